The predicted molar refractivity (Wildman–Crippen MR) is 94.0 cm³/mol. The quantitative estimate of drug-likeness (QED) is 0.809. The first-order chi connectivity index (χ1) is 11.6. The number of halogens is 1. The van der Waals surface area contributed by atoms with Crippen LogP contribution >= 0.6 is 0 Å². The summed E-state index contributed by atoms with van der Waals surface area (Å²) in [6.45, 7) is 4.31. The molecule has 0 bridgehead atoms. The van der Waals surface area contributed by atoms with Crippen LogP contribution in [0.1, 0.15) is 49.8 Å². The molecule has 2 nitrogen and oxygen atoms in total. The summed E-state index contributed by atoms with van der Waals surface area (Å²) in [4.78, 5) is 12.6. The molecule has 0 heterocycles. The molecule has 0 aliphatic heterocycles. The second kappa shape index (κ2) is 7.16. The lowest BCUT2D eigenvalue weighted by atomic mass is 9.96. The maximum Gasteiger partial charge on any atom is 0.224 e. The van der Waals surface area contributed by atoms with Gasteiger partial charge in [0.05, 0.1) is 6.04 Å². The summed E-state index contributed by atoms with van der Waals surface area (Å²) in [5.41, 5.74) is 1.79. The third-order valence-corrected chi connectivity index (χ3v) is 4.66. The van der Waals surface area contributed by atoms with E-state index in [9.17, 15) is 9.18 Å². The van der Waals surface area contributed by atoms with Gasteiger partial charge in [-0.25, -0.2) is 4.39 Å². The highest BCUT2D eigenvalue weighted by Crippen LogP contribution is 2.48. The minimum Gasteiger partial charge on any atom is -0.349 e. The van der Waals surface area contributed by atoms with Gasteiger partial charge in [-0.2, -0.15) is 0 Å². The average Bonchev–Trinajstić information content (AvgIpc) is 3.35. The zero-order chi connectivity index (χ0) is 17.1. The number of hydrogen-bond acceptors (Lipinski definition) is 1. The molecule has 0 aromatic heterocycles. The van der Waals surface area contributed by atoms with Crippen LogP contribution in [-0.2, 0) is 4.79 Å². The second-order valence-corrected chi connectivity index (χ2v) is 7.07. The molecule has 3 unspecified atom stereocenters. The zero-order valence-corrected chi connectivity index (χ0v) is 14.2. The summed E-state index contributed by atoms with van der Waals surface area (Å²) < 4.78 is 13.9. The highest BCUT2D eigenvalue weighted by Gasteiger charge is 2.45. The fraction of sp³-hybridized carbons (Fsp3) is 0.381. The molecular weight excluding hydrogens is 301 g/mol. The van der Waals surface area contributed by atoms with E-state index in [1.54, 1.807) is 12.1 Å². The molecule has 126 valence electrons. The Balaban J connectivity index is 1.68. The van der Waals surface area contributed by atoms with Crippen molar-refractivity contribution in [1.29, 1.82) is 0 Å². The Bertz CT molecular complexity index is 698. The van der Waals surface area contributed by atoms with Crippen LogP contribution in [0.5, 0.6) is 0 Å². The second-order valence-electron chi connectivity index (χ2n) is 7.07. The van der Waals surface area contributed by atoms with Gasteiger partial charge >= 0.3 is 0 Å². The first-order valence-corrected chi connectivity index (χ1v) is 8.66. The van der Waals surface area contributed by atoms with Crippen molar-refractivity contribution in [3.63, 3.8) is 0 Å². The summed E-state index contributed by atoms with van der Waals surface area (Å²) in [5.74, 6) is 0.219. The van der Waals surface area contributed by atoms with Crippen molar-refractivity contribution in [2.24, 2.45) is 11.8 Å². The van der Waals surface area contributed by atoms with E-state index in [1.165, 1.54) is 6.07 Å². The van der Waals surface area contributed by atoms with Gasteiger partial charge in [0.25, 0.3) is 0 Å². The van der Waals surface area contributed by atoms with Gasteiger partial charge in [-0.15, -0.1) is 0 Å². The van der Waals surface area contributed by atoms with Crippen molar-refractivity contribution in [2.75, 3.05) is 0 Å². The standard InChI is InChI=1S/C21H24FNO/c1-14(2)12-20(15-8-4-3-5-9-15)23-21(24)18-13-17(18)16-10-6-7-11-19(16)22/h3-11,14,17-18,20H,12-13H2,1-2H3,(H,23,24). The number of carbonyl (C=O) groups is 1. The molecule has 0 spiro atoms. The molecule has 1 fully saturated rings. The minimum atomic E-state index is -0.209. The van der Waals surface area contributed by atoms with Crippen LogP contribution in [0.15, 0.2) is 54.6 Å². The van der Waals surface area contributed by atoms with E-state index in [-0.39, 0.29) is 29.6 Å². The van der Waals surface area contributed by atoms with Crippen LogP contribution in [0.3, 0.4) is 0 Å². The lowest BCUT2D eigenvalue weighted by Crippen LogP contribution is -2.31. The van der Waals surface area contributed by atoms with Crippen molar-refractivity contribution >= 4 is 5.91 Å². The van der Waals surface area contributed by atoms with Crippen LogP contribution in [0, 0.1) is 17.7 Å². The maximum atomic E-state index is 13.9. The van der Waals surface area contributed by atoms with Gasteiger partial charge in [0.1, 0.15) is 5.82 Å². The number of benzene rings is 2. The smallest absolute Gasteiger partial charge is 0.224 e. The molecule has 3 heteroatoms. The summed E-state index contributed by atoms with van der Waals surface area (Å²) >= 11 is 0. The first kappa shape index (κ1) is 16.7. The first-order valence-electron chi connectivity index (χ1n) is 8.66. The molecule has 24 heavy (non-hydrogen) atoms. The van der Waals surface area contributed by atoms with Gasteiger partial charge in [-0.3, -0.25) is 4.79 Å². The van der Waals surface area contributed by atoms with Crippen molar-refractivity contribution in [2.45, 2.75) is 38.6 Å². The fourth-order valence-corrected chi connectivity index (χ4v) is 3.32. The number of rotatable bonds is 6. The van der Waals surface area contributed by atoms with Gasteiger partial charge < -0.3 is 5.32 Å². The van der Waals surface area contributed by atoms with E-state index in [2.05, 4.69) is 31.3 Å². The van der Waals surface area contributed by atoms with Crippen LogP contribution < -0.4 is 5.32 Å². The molecule has 1 aliphatic carbocycles. The third-order valence-electron chi connectivity index (χ3n) is 4.66. The molecule has 0 saturated heterocycles. The largest absolute Gasteiger partial charge is 0.349 e. The Morgan fingerprint density at radius 3 is 2.46 bits per heavy atom. The van der Waals surface area contributed by atoms with Crippen molar-refractivity contribution in [1.82, 2.24) is 5.32 Å². The van der Waals surface area contributed by atoms with Gasteiger partial charge in [-0.1, -0.05) is 62.4 Å². The summed E-state index contributed by atoms with van der Waals surface area (Å²) in [5, 5.41) is 3.18. The molecular formula is C21H24FNO. The molecule has 1 amide bonds. The van der Waals surface area contributed by atoms with Crippen LogP contribution in [0.4, 0.5) is 4.39 Å². The predicted octanol–water partition coefficient (Wildman–Crippen LogP) is 4.83. The Morgan fingerprint density at radius 2 is 1.79 bits per heavy atom. The SMILES string of the molecule is CC(C)CC(NC(=O)C1CC1c1ccccc1F)c1ccccc1. The Hall–Kier alpha value is -2.16. The number of hydrogen-bond donors (Lipinski definition) is 1. The molecule has 1 saturated carbocycles. The summed E-state index contributed by atoms with van der Waals surface area (Å²) in [6, 6.07) is 16.9. The van der Waals surface area contributed by atoms with Gasteiger partial charge in [-0.05, 0) is 41.9 Å². The fourth-order valence-electron chi connectivity index (χ4n) is 3.32. The molecule has 2 aromatic rings. The number of nitrogens with one attached hydrogen (secondary N) is 1. The highest BCUT2D eigenvalue weighted by atomic mass is 19.1. The maximum absolute atomic E-state index is 13.9. The van der Waals surface area contributed by atoms with Crippen molar-refractivity contribution in [3.8, 4) is 0 Å². The Labute approximate surface area is 143 Å². The van der Waals surface area contributed by atoms with Gasteiger partial charge in [0.15, 0.2) is 0 Å². The van der Waals surface area contributed by atoms with Crippen LogP contribution in [0.25, 0.3) is 0 Å². The topological polar surface area (TPSA) is 29.1 Å². The van der Waals surface area contributed by atoms with E-state index >= 15 is 0 Å². The average molecular weight is 325 g/mol. The van der Waals surface area contributed by atoms with E-state index in [0.717, 1.165) is 18.4 Å². The molecule has 3 rings (SSSR count). The summed E-state index contributed by atoms with van der Waals surface area (Å²) in [7, 11) is 0. The zero-order valence-electron chi connectivity index (χ0n) is 14.2. The van der Waals surface area contributed by atoms with E-state index < -0.39 is 0 Å². The minimum absolute atomic E-state index is 0.0144. The van der Waals surface area contributed by atoms with Crippen LogP contribution in [0.2, 0.25) is 0 Å². The Kier molecular flexibility index (Phi) is 4.98. The van der Waals surface area contributed by atoms with Crippen LogP contribution in [-0.4, -0.2) is 5.91 Å². The molecule has 1 N–H and O–H groups in total. The van der Waals surface area contributed by atoms with E-state index in [4.69, 9.17) is 0 Å². The number of carbonyl (C=O) groups excluding carboxylic acids is 1. The normalized spacial score (nSPS) is 20.7. The van der Waals surface area contributed by atoms with Gasteiger partial charge in [0, 0.05) is 5.92 Å². The molecule has 0 radical (unpaired) electrons. The molecule has 3 atom stereocenters. The van der Waals surface area contributed by atoms with Gasteiger partial charge in [0.2, 0.25) is 5.91 Å². The molecule has 2 aromatic carbocycles. The lowest BCUT2D eigenvalue weighted by molar-refractivity contribution is -0.123. The lowest BCUT2D eigenvalue weighted by Gasteiger charge is -2.21. The molecule has 1 aliphatic rings. The van der Waals surface area contributed by atoms with E-state index in [0.29, 0.717) is 11.5 Å². The Morgan fingerprint density at radius 1 is 1.12 bits per heavy atom. The number of amides is 1. The summed E-state index contributed by atoms with van der Waals surface area (Å²) in [6.07, 6.45) is 1.63. The third kappa shape index (κ3) is 3.84. The van der Waals surface area contributed by atoms with Crippen molar-refractivity contribution in [3.05, 3.63) is 71.5 Å². The monoisotopic (exact) mass is 325 g/mol. The van der Waals surface area contributed by atoms with Crippen molar-refractivity contribution < 1.29 is 9.18 Å². The highest BCUT2D eigenvalue weighted by molar-refractivity contribution is 5.83. The van der Waals surface area contributed by atoms with E-state index in [1.807, 2.05) is 24.3 Å².